The summed E-state index contributed by atoms with van der Waals surface area (Å²) in [6.07, 6.45) is 3.91. The van der Waals surface area contributed by atoms with Gasteiger partial charge in [-0.15, -0.1) is 0 Å². The van der Waals surface area contributed by atoms with Crippen molar-refractivity contribution in [1.29, 1.82) is 10.7 Å². The SMILES string of the molecule is COc1c(C#N)cnc(C(=O)Nc2ccc(N)c(C(=N)c3cnco3)c2)c1C. The molecule has 28 heavy (non-hydrogen) atoms. The lowest BCUT2D eigenvalue weighted by molar-refractivity contribution is 0.102. The number of benzene rings is 1. The average Bonchev–Trinajstić information content (AvgIpc) is 3.23. The molecule has 0 saturated heterocycles. The van der Waals surface area contributed by atoms with Crippen molar-refractivity contribution in [1.82, 2.24) is 9.97 Å². The molecule has 0 aliphatic carbocycles. The highest BCUT2D eigenvalue weighted by Crippen LogP contribution is 2.26. The maximum atomic E-state index is 12.7. The van der Waals surface area contributed by atoms with Gasteiger partial charge >= 0.3 is 0 Å². The van der Waals surface area contributed by atoms with E-state index < -0.39 is 5.91 Å². The largest absolute Gasteiger partial charge is 0.495 e. The molecule has 4 N–H and O–H groups in total. The van der Waals surface area contributed by atoms with Crippen LogP contribution in [0.5, 0.6) is 5.75 Å². The molecular formula is C19H16N6O3. The minimum atomic E-state index is -0.484. The molecule has 3 aromatic rings. The number of carbonyl (C=O) groups is 1. The van der Waals surface area contributed by atoms with Crippen molar-refractivity contribution in [3.8, 4) is 11.8 Å². The number of ether oxygens (including phenoxy) is 1. The van der Waals surface area contributed by atoms with Gasteiger partial charge in [0.1, 0.15) is 28.8 Å². The zero-order valence-corrected chi connectivity index (χ0v) is 15.1. The summed E-state index contributed by atoms with van der Waals surface area (Å²) < 4.78 is 10.3. The summed E-state index contributed by atoms with van der Waals surface area (Å²) in [6.45, 7) is 1.65. The van der Waals surface area contributed by atoms with E-state index in [0.717, 1.165) is 0 Å². The minimum absolute atomic E-state index is 0.0421. The molecule has 1 amide bonds. The highest BCUT2D eigenvalue weighted by atomic mass is 16.5. The fraction of sp³-hybridized carbons (Fsp3) is 0.105. The number of carbonyl (C=O) groups excluding carboxylic acids is 1. The number of amides is 1. The molecule has 1 aromatic carbocycles. The van der Waals surface area contributed by atoms with E-state index in [1.54, 1.807) is 25.1 Å². The molecule has 2 heterocycles. The number of nitrogen functional groups attached to an aromatic ring is 1. The van der Waals surface area contributed by atoms with Crippen molar-refractivity contribution in [2.24, 2.45) is 0 Å². The normalized spacial score (nSPS) is 10.2. The standard InChI is InChI=1S/C19H16N6O3/c1-10-17(24-7-11(6-20)18(10)27-2)19(26)25-12-3-4-14(21)13(5-12)16(22)15-8-23-9-28-15/h3-5,7-9,22H,21H2,1-2H3,(H,25,26). The van der Waals surface area contributed by atoms with Crippen molar-refractivity contribution in [3.05, 3.63) is 65.1 Å². The molecule has 0 saturated carbocycles. The third-order valence-corrected chi connectivity index (χ3v) is 4.06. The highest BCUT2D eigenvalue weighted by Gasteiger charge is 2.19. The first-order chi connectivity index (χ1) is 13.5. The van der Waals surface area contributed by atoms with Gasteiger partial charge in [-0.3, -0.25) is 10.2 Å². The first-order valence-electron chi connectivity index (χ1n) is 8.08. The van der Waals surface area contributed by atoms with Crippen LogP contribution >= 0.6 is 0 Å². The van der Waals surface area contributed by atoms with Crippen LogP contribution in [0.3, 0.4) is 0 Å². The van der Waals surface area contributed by atoms with Crippen LogP contribution in [0, 0.1) is 23.7 Å². The van der Waals surface area contributed by atoms with Crippen LogP contribution in [0.1, 0.15) is 32.9 Å². The topological polar surface area (TPSA) is 151 Å². The molecule has 0 atom stereocenters. The molecule has 0 radical (unpaired) electrons. The van der Waals surface area contributed by atoms with Crippen molar-refractivity contribution < 1.29 is 13.9 Å². The van der Waals surface area contributed by atoms with Gasteiger partial charge in [0, 0.05) is 28.7 Å². The third-order valence-electron chi connectivity index (χ3n) is 4.06. The molecular weight excluding hydrogens is 360 g/mol. The number of methoxy groups -OCH3 is 1. The Kier molecular flexibility index (Phi) is 5.04. The zero-order chi connectivity index (χ0) is 20.3. The molecule has 0 spiro atoms. The number of oxazole rings is 1. The van der Waals surface area contributed by atoms with Gasteiger partial charge in [0.2, 0.25) is 0 Å². The number of pyridine rings is 1. The molecule has 2 aromatic heterocycles. The minimum Gasteiger partial charge on any atom is -0.495 e. The first kappa shape index (κ1) is 18.6. The molecule has 0 fully saturated rings. The summed E-state index contributed by atoms with van der Waals surface area (Å²) in [5.74, 6) is 0.0689. The van der Waals surface area contributed by atoms with E-state index in [4.69, 9.17) is 25.6 Å². The fourth-order valence-corrected chi connectivity index (χ4v) is 2.68. The van der Waals surface area contributed by atoms with Gasteiger partial charge in [0.25, 0.3) is 5.91 Å². The van der Waals surface area contributed by atoms with Gasteiger partial charge in [0.15, 0.2) is 12.2 Å². The van der Waals surface area contributed by atoms with Crippen LogP contribution in [0.2, 0.25) is 0 Å². The maximum absolute atomic E-state index is 12.7. The molecule has 9 heteroatoms. The number of aromatic nitrogens is 2. The molecule has 9 nitrogen and oxygen atoms in total. The summed E-state index contributed by atoms with van der Waals surface area (Å²) in [4.78, 5) is 20.5. The van der Waals surface area contributed by atoms with E-state index in [2.05, 4.69) is 15.3 Å². The predicted octanol–water partition coefficient (Wildman–Crippen LogP) is 2.51. The summed E-state index contributed by atoms with van der Waals surface area (Å²) in [6, 6.07) is 6.73. The third kappa shape index (κ3) is 3.39. The second kappa shape index (κ2) is 7.59. The van der Waals surface area contributed by atoms with E-state index in [-0.39, 0.29) is 22.7 Å². The smallest absolute Gasteiger partial charge is 0.274 e. The fourth-order valence-electron chi connectivity index (χ4n) is 2.68. The van der Waals surface area contributed by atoms with E-state index in [1.807, 2.05) is 6.07 Å². The molecule has 0 aliphatic rings. The number of nitrogens with one attached hydrogen (secondary N) is 2. The Morgan fingerprint density at radius 2 is 2.18 bits per heavy atom. The van der Waals surface area contributed by atoms with Gasteiger partial charge < -0.3 is 20.2 Å². The van der Waals surface area contributed by atoms with Crippen LogP contribution < -0.4 is 15.8 Å². The van der Waals surface area contributed by atoms with E-state index in [1.165, 1.54) is 25.9 Å². The average molecular weight is 376 g/mol. The lowest BCUT2D eigenvalue weighted by Gasteiger charge is -2.12. The van der Waals surface area contributed by atoms with Gasteiger partial charge in [-0.2, -0.15) is 5.26 Å². The summed E-state index contributed by atoms with van der Waals surface area (Å²) >= 11 is 0. The Balaban J connectivity index is 1.91. The zero-order valence-electron chi connectivity index (χ0n) is 15.1. The van der Waals surface area contributed by atoms with Crippen LogP contribution in [0.15, 0.2) is 41.4 Å². The predicted molar refractivity (Wildman–Crippen MR) is 101 cm³/mol. The van der Waals surface area contributed by atoms with Crippen LogP contribution in [-0.4, -0.2) is 28.7 Å². The van der Waals surface area contributed by atoms with Crippen molar-refractivity contribution >= 4 is 23.0 Å². The lowest BCUT2D eigenvalue weighted by atomic mass is 10.1. The van der Waals surface area contributed by atoms with Gasteiger partial charge in [-0.1, -0.05) is 0 Å². The Morgan fingerprint density at radius 3 is 2.82 bits per heavy atom. The lowest BCUT2D eigenvalue weighted by Crippen LogP contribution is -2.17. The number of nitrogens with two attached hydrogens (primary N) is 1. The second-order valence-electron chi connectivity index (χ2n) is 5.79. The molecule has 0 bridgehead atoms. The van der Waals surface area contributed by atoms with Gasteiger partial charge in [0.05, 0.1) is 13.3 Å². The number of hydrogen-bond acceptors (Lipinski definition) is 8. The Labute approximate surface area is 160 Å². The number of nitriles is 1. The summed E-state index contributed by atoms with van der Waals surface area (Å²) in [5, 5.41) is 20.0. The van der Waals surface area contributed by atoms with Crippen LogP contribution in [0.4, 0.5) is 11.4 Å². The molecule has 0 unspecified atom stereocenters. The molecule has 0 aliphatic heterocycles. The number of nitrogens with zero attached hydrogens (tertiary/aromatic N) is 3. The number of hydrogen-bond donors (Lipinski definition) is 3. The number of rotatable bonds is 5. The Bertz CT molecular complexity index is 1100. The highest BCUT2D eigenvalue weighted by molar-refractivity contribution is 6.13. The van der Waals surface area contributed by atoms with Crippen molar-refractivity contribution in [2.45, 2.75) is 6.92 Å². The van der Waals surface area contributed by atoms with Gasteiger partial charge in [-0.05, 0) is 25.1 Å². The Hall–Kier alpha value is -4.19. The molecule has 140 valence electrons. The second-order valence-corrected chi connectivity index (χ2v) is 5.79. The van der Waals surface area contributed by atoms with E-state index >= 15 is 0 Å². The monoisotopic (exact) mass is 376 g/mol. The first-order valence-corrected chi connectivity index (χ1v) is 8.08. The van der Waals surface area contributed by atoms with E-state index in [9.17, 15) is 4.79 Å². The quantitative estimate of drug-likeness (QED) is 0.457. The van der Waals surface area contributed by atoms with Crippen LogP contribution in [-0.2, 0) is 0 Å². The maximum Gasteiger partial charge on any atom is 0.274 e. The summed E-state index contributed by atoms with van der Waals surface area (Å²) in [7, 11) is 1.42. The van der Waals surface area contributed by atoms with Gasteiger partial charge in [-0.25, -0.2) is 9.97 Å². The summed E-state index contributed by atoms with van der Waals surface area (Å²) in [5.41, 5.74) is 7.98. The van der Waals surface area contributed by atoms with Crippen LogP contribution in [0.25, 0.3) is 0 Å². The van der Waals surface area contributed by atoms with Crippen molar-refractivity contribution in [2.75, 3.05) is 18.2 Å². The van der Waals surface area contributed by atoms with Crippen molar-refractivity contribution in [3.63, 3.8) is 0 Å². The Morgan fingerprint density at radius 1 is 1.39 bits per heavy atom. The molecule has 3 rings (SSSR count). The van der Waals surface area contributed by atoms with E-state index in [0.29, 0.717) is 28.3 Å². The number of anilines is 2.